The summed E-state index contributed by atoms with van der Waals surface area (Å²) < 4.78 is 17.0. The van der Waals surface area contributed by atoms with Gasteiger partial charge in [0.15, 0.2) is 11.5 Å². The SMILES string of the molecule is COc1cc2c(Nc3cccnc3)ncnc2cc1OCCCN1CCOCC1. The molecule has 1 aliphatic heterocycles. The summed E-state index contributed by atoms with van der Waals surface area (Å²) >= 11 is 0. The smallest absolute Gasteiger partial charge is 0.163 e. The molecule has 2 aromatic heterocycles. The van der Waals surface area contributed by atoms with Crippen LogP contribution in [0, 0.1) is 0 Å². The van der Waals surface area contributed by atoms with E-state index in [0.717, 1.165) is 55.9 Å². The molecule has 4 rings (SSSR count). The minimum absolute atomic E-state index is 0.616. The van der Waals surface area contributed by atoms with Crippen molar-refractivity contribution in [3.8, 4) is 11.5 Å². The maximum Gasteiger partial charge on any atom is 0.163 e. The zero-order chi connectivity index (χ0) is 19.9. The van der Waals surface area contributed by atoms with E-state index in [1.807, 2.05) is 24.3 Å². The normalized spacial score (nSPS) is 14.7. The molecule has 0 bridgehead atoms. The van der Waals surface area contributed by atoms with Crippen molar-refractivity contribution in [2.24, 2.45) is 0 Å². The van der Waals surface area contributed by atoms with Crippen molar-refractivity contribution in [2.75, 3.05) is 51.9 Å². The molecule has 0 atom stereocenters. The largest absolute Gasteiger partial charge is 0.493 e. The molecule has 152 valence electrons. The molecular weight excluding hydrogens is 370 g/mol. The Balaban J connectivity index is 1.46. The predicted molar refractivity (Wildman–Crippen MR) is 111 cm³/mol. The minimum Gasteiger partial charge on any atom is -0.493 e. The lowest BCUT2D eigenvalue weighted by atomic mass is 10.2. The van der Waals surface area contributed by atoms with Crippen LogP contribution in [-0.4, -0.2) is 66.4 Å². The van der Waals surface area contributed by atoms with Crippen LogP contribution in [0.3, 0.4) is 0 Å². The van der Waals surface area contributed by atoms with E-state index in [0.29, 0.717) is 23.9 Å². The zero-order valence-corrected chi connectivity index (χ0v) is 16.5. The highest BCUT2D eigenvalue weighted by molar-refractivity contribution is 5.92. The summed E-state index contributed by atoms with van der Waals surface area (Å²) in [5, 5.41) is 4.14. The van der Waals surface area contributed by atoms with E-state index in [1.165, 1.54) is 6.33 Å². The highest BCUT2D eigenvalue weighted by atomic mass is 16.5. The summed E-state index contributed by atoms with van der Waals surface area (Å²) in [6, 6.07) is 7.61. The van der Waals surface area contributed by atoms with Crippen LogP contribution in [0.2, 0.25) is 0 Å². The molecule has 1 fully saturated rings. The first-order chi connectivity index (χ1) is 14.3. The lowest BCUT2D eigenvalue weighted by molar-refractivity contribution is 0.0357. The Labute approximate surface area is 169 Å². The van der Waals surface area contributed by atoms with Crippen LogP contribution in [0.5, 0.6) is 11.5 Å². The van der Waals surface area contributed by atoms with Gasteiger partial charge in [-0.25, -0.2) is 9.97 Å². The van der Waals surface area contributed by atoms with Gasteiger partial charge in [-0.2, -0.15) is 0 Å². The van der Waals surface area contributed by atoms with E-state index < -0.39 is 0 Å². The molecule has 3 heterocycles. The number of morpholine rings is 1. The number of ether oxygens (including phenoxy) is 3. The van der Waals surface area contributed by atoms with Gasteiger partial charge in [0.05, 0.1) is 44.3 Å². The maximum absolute atomic E-state index is 6.01. The molecule has 1 aromatic carbocycles. The third-order valence-electron chi connectivity index (χ3n) is 4.82. The minimum atomic E-state index is 0.616. The molecule has 8 heteroatoms. The Morgan fingerprint density at radius 3 is 2.86 bits per heavy atom. The first kappa shape index (κ1) is 19.4. The number of anilines is 2. The molecule has 3 aromatic rings. The molecule has 1 saturated heterocycles. The summed E-state index contributed by atoms with van der Waals surface area (Å²) in [6.07, 6.45) is 5.96. The topological polar surface area (TPSA) is 81.6 Å². The van der Waals surface area contributed by atoms with Gasteiger partial charge in [-0.05, 0) is 24.6 Å². The van der Waals surface area contributed by atoms with Gasteiger partial charge >= 0.3 is 0 Å². The van der Waals surface area contributed by atoms with Crippen LogP contribution in [0.15, 0.2) is 43.0 Å². The number of nitrogens with one attached hydrogen (secondary N) is 1. The number of rotatable bonds is 8. The number of methoxy groups -OCH3 is 1. The monoisotopic (exact) mass is 395 g/mol. The molecule has 0 spiro atoms. The van der Waals surface area contributed by atoms with E-state index in [9.17, 15) is 0 Å². The number of hydrogen-bond donors (Lipinski definition) is 1. The number of pyridine rings is 1. The Morgan fingerprint density at radius 2 is 2.07 bits per heavy atom. The van der Waals surface area contributed by atoms with Gasteiger partial charge in [-0.3, -0.25) is 9.88 Å². The molecule has 8 nitrogen and oxygen atoms in total. The van der Waals surface area contributed by atoms with Crippen molar-refractivity contribution in [1.29, 1.82) is 0 Å². The van der Waals surface area contributed by atoms with Crippen molar-refractivity contribution < 1.29 is 14.2 Å². The van der Waals surface area contributed by atoms with Gasteiger partial charge in [0.25, 0.3) is 0 Å². The summed E-state index contributed by atoms with van der Waals surface area (Å²) in [6.45, 7) is 5.22. The van der Waals surface area contributed by atoms with Crippen LogP contribution in [-0.2, 0) is 4.74 Å². The Morgan fingerprint density at radius 1 is 1.17 bits per heavy atom. The average Bonchev–Trinajstić information content (AvgIpc) is 2.78. The van der Waals surface area contributed by atoms with Gasteiger partial charge in [-0.15, -0.1) is 0 Å². The fraction of sp³-hybridized carbons (Fsp3) is 0.381. The van der Waals surface area contributed by atoms with E-state index in [2.05, 4.69) is 25.2 Å². The van der Waals surface area contributed by atoms with Gasteiger partial charge in [0.2, 0.25) is 0 Å². The standard InChI is InChI=1S/C21H25N5O3/c1-27-19-12-17-18(23-15-24-21(17)25-16-4-2-5-22-14-16)13-20(19)29-9-3-6-26-7-10-28-11-8-26/h2,4-5,12-15H,3,6-11H2,1H3,(H,23,24,25). The molecule has 1 aliphatic rings. The van der Waals surface area contributed by atoms with Crippen LogP contribution in [0.25, 0.3) is 10.9 Å². The van der Waals surface area contributed by atoms with Crippen molar-refractivity contribution in [3.63, 3.8) is 0 Å². The van der Waals surface area contributed by atoms with Gasteiger partial charge in [0, 0.05) is 37.3 Å². The summed E-state index contributed by atoms with van der Waals surface area (Å²) in [4.78, 5) is 15.3. The van der Waals surface area contributed by atoms with Crippen molar-refractivity contribution >= 4 is 22.4 Å². The zero-order valence-electron chi connectivity index (χ0n) is 16.5. The van der Waals surface area contributed by atoms with Gasteiger partial charge in [-0.1, -0.05) is 0 Å². The maximum atomic E-state index is 6.01. The Bertz CT molecular complexity index is 932. The van der Waals surface area contributed by atoms with Crippen LogP contribution in [0.1, 0.15) is 6.42 Å². The summed E-state index contributed by atoms with van der Waals surface area (Å²) in [5.41, 5.74) is 1.64. The summed E-state index contributed by atoms with van der Waals surface area (Å²) in [7, 11) is 1.64. The predicted octanol–water partition coefficient (Wildman–Crippen LogP) is 2.88. The van der Waals surface area contributed by atoms with E-state index in [4.69, 9.17) is 14.2 Å². The number of benzene rings is 1. The van der Waals surface area contributed by atoms with Gasteiger partial charge in [0.1, 0.15) is 12.1 Å². The first-order valence-electron chi connectivity index (χ1n) is 9.76. The second-order valence-corrected chi connectivity index (χ2v) is 6.77. The second-order valence-electron chi connectivity index (χ2n) is 6.77. The average molecular weight is 395 g/mol. The number of fused-ring (bicyclic) bond motifs is 1. The Kier molecular flexibility index (Phi) is 6.33. The van der Waals surface area contributed by atoms with Crippen molar-refractivity contribution in [1.82, 2.24) is 19.9 Å². The first-order valence-corrected chi connectivity index (χ1v) is 9.76. The molecular formula is C21H25N5O3. The summed E-state index contributed by atoms with van der Waals surface area (Å²) in [5.74, 6) is 2.04. The highest BCUT2D eigenvalue weighted by Crippen LogP contribution is 2.34. The van der Waals surface area contributed by atoms with Crippen LogP contribution >= 0.6 is 0 Å². The molecule has 0 amide bonds. The van der Waals surface area contributed by atoms with E-state index in [1.54, 1.807) is 19.5 Å². The number of aromatic nitrogens is 3. The third-order valence-corrected chi connectivity index (χ3v) is 4.82. The van der Waals surface area contributed by atoms with E-state index in [-0.39, 0.29) is 0 Å². The molecule has 29 heavy (non-hydrogen) atoms. The van der Waals surface area contributed by atoms with E-state index >= 15 is 0 Å². The highest BCUT2D eigenvalue weighted by Gasteiger charge is 2.13. The van der Waals surface area contributed by atoms with Crippen molar-refractivity contribution in [3.05, 3.63) is 43.0 Å². The number of nitrogens with zero attached hydrogens (tertiary/aromatic N) is 4. The Hall–Kier alpha value is -2.97. The third kappa shape index (κ3) is 4.90. The fourth-order valence-corrected chi connectivity index (χ4v) is 3.30. The lowest BCUT2D eigenvalue weighted by Crippen LogP contribution is -2.37. The molecule has 1 N–H and O–H groups in total. The van der Waals surface area contributed by atoms with Crippen LogP contribution < -0.4 is 14.8 Å². The van der Waals surface area contributed by atoms with Gasteiger partial charge < -0.3 is 19.5 Å². The molecule has 0 aliphatic carbocycles. The fourth-order valence-electron chi connectivity index (χ4n) is 3.30. The number of hydrogen-bond acceptors (Lipinski definition) is 8. The molecule has 0 unspecified atom stereocenters. The van der Waals surface area contributed by atoms with Crippen molar-refractivity contribution in [2.45, 2.75) is 6.42 Å². The van der Waals surface area contributed by atoms with Crippen LogP contribution in [0.4, 0.5) is 11.5 Å². The quantitative estimate of drug-likeness (QED) is 0.583. The molecule has 0 saturated carbocycles. The lowest BCUT2D eigenvalue weighted by Gasteiger charge is -2.26. The second kappa shape index (κ2) is 9.49. The molecule has 0 radical (unpaired) electrons.